The molecule has 0 saturated carbocycles. The summed E-state index contributed by atoms with van der Waals surface area (Å²) in [6, 6.07) is 9.50. The molecule has 3 rings (SSSR count). The summed E-state index contributed by atoms with van der Waals surface area (Å²) >= 11 is 0. The van der Waals surface area contributed by atoms with Crippen molar-refractivity contribution in [3.8, 4) is 0 Å². The Labute approximate surface area is 151 Å². The molecule has 26 heavy (non-hydrogen) atoms. The lowest BCUT2D eigenvalue weighted by Crippen LogP contribution is -2.38. The second-order valence-electron chi connectivity index (χ2n) is 6.19. The maximum absolute atomic E-state index is 13.6. The molecule has 1 aromatic heterocycles. The van der Waals surface area contributed by atoms with Crippen molar-refractivity contribution in [1.29, 1.82) is 0 Å². The summed E-state index contributed by atoms with van der Waals surface area (Å²) < 4.78 is 13.6. The molecule has 1 aromatic carbocycles. The summed E-state index contributed by atoms with van der Waals surface area (Å²) in [5.41, 5.74) is 0.799. The fourth-order valence-electron chi connectivity index (χ4n) is 2.96. The van der Waals surface area contributed by atoms with Crippen LogP contribution in [0.3, 0.4) is 0 Å². The van der Waals surface area contributed by atoms with E-state index in [1.54, 1.807) is 41.6 Å². The molecule has 1 fully saturated rings. The zero-order valence-electron chi connectivity index (χ0n) is 14.4. The smallest absolute Gasteiger partial charge is 0.254 e. The predicted molar refractivity (Wildman–Crippen MR) is 96.2 cm³/mol. The Kier molecular flexibility index (Phi) is 5.91. The van der Waals surface area contributed by atoms with Gasteiger partial charge < -0.3 is 10.2 Å². The average Bonchev–Trinajstić information content (AvgIpc) is 2.89. The van der Waals surface area contributed by atoms with Crippen molar-refractivity contribution < 1.29 is 14.0 Å². The van der Waals surface area contributed by atoms with Gasteiger partial charge in [-0.3, -0.25) is 19.5 Å². The molecule has 0 radical (unpaired) electrons. The van der Waals surface area contributed by atoms with E-state index in [2.05, 4.69) is 10.3 Å². The molecule has 0 spiro atoms. The van der Waals surface area contributed by atoms with Crippen LogP contribution in [0.15, 0.2) is 48.8 Å². The summed E-state index contributed by atoms with van der Waals surface area (Å²) in [6.07, 6.45) is 3.98. The van der Waals surface area contributed by atoms with Crippen molar-refractivity contribution in [2.24, 2.45) is 0 Å². The standard InChI is InChI=1S/C19H21FN4O2/c20-16-4-1-2-5-17(16)22-18(25)14-23-10-3-11-24(13-12-23)19(26)15-6-8-21-9-7-15/h1-2,4-9H,3,10-14H2,(H,22,25). The lowest BCUT2D eigenvalue weighted by molar-refractivity contribution is -0.117. The van der Waals surface area contributed by atoms with E-state index < -0.39 is 5.82 Å². The molecule has 0 aliphatic carbocycles. The Morgan fingerprint density at radius 2 is 1.81 bits per heavy atom. The van der Waals surface area contributed by atoms with Gasteiger partial charge in [-0.2, -0.15) is 0 Å². The summed E-state index contributed by atoms with van der Waals surface area (Å²) in [7, 11) is 0. The first-order valence-electron chi connectivity index (χ1n) is 8.59. The van der Waals surface area contributed by atoms with Crippen LogP contribution in [0, 0.1) is 5.82 Å². The first-order chi connectivity index (χ1) is 12.6. The zero-order chi connectivity index (χ0) is 18.4. The molecule has 0 bridgehead atoms. The van der Waals surface area contributed by atoms with Crippen LogP contribution in [0.2, 0.25) is 0 Å². The van der Waals surface area contributed by atoms with Crippen LogP contribution in [0.1, 0.15) is 16.8 Å². The number of amides is 2. The average molecular weight is 356 g/mol. The Hall–Kier alpha value is -2.80. The van der Waals surface area contributed by atoms with E-state index in [9.17, 15) is 14.0 Å². The number of aromatic nitrogens is 1. The molecule has 1 aliphatic rings. The molecule has 2 aromatic rings. The van der Waals surface area contributed by atoms with Gasteiger partial charge in [0.25, 0.3) is 5.91 Å². The molecule has 7 heteroatoms. The number of pyridine rings is 1. The van der Waals surface area contributed by atoms with Gasteiger partial charge in [0.15, 0.2) is 0 Å². The number of anilines is 1. The van der Waals surface area contributed by atoms with Gasteiger partial charge in [-0.15, -0.1) is 0 Å². The first-order valence-corrected chi connectivity index (χ1v) is 8.59. The number of benzene rings is 1. The number of halogens is 1. The normalized spacial score (nSPS) is 15.3. The highest BCUT2D eigenvalue weighted by atomic mass is 19.1. The number of hydrogen-bond donors (Lipinski definition) is 1. The molecule has 136 valence electrons. The molecule has 2 heterocycles. The van der Waals surface area contributed by atoms with E-state index in [1.807, 2.05) is 4.90 Å². The fraction of sp³-hybridized carbons (Fsp3) is 0.316. The third-order valence-corrected chi connectivity index (χ3v) is 4.32. The minimum absolute atomic E-state index is 0.0231. The Morgan fingerprint density at radius 1 is 1.04 bits per heavy atom. The second-order valence-corrected chi connectivity index (χ2v) is 6.19. The van der Waals surface area contributed by atoms with Gasteiger partial charge in [0.2, 0.25) is 5.91 Å². The van der Waals surface area contributed by atoms with Gasteiger partial charge >= 0.3 is 0 Å². The Balaban J connectivity index is 1.53. The highest BCUT2D eigenvalue weighted by molar-refractivity contribution is 5.94. The topological polar surface area (TPSA) is 65.5 Å². The largest absolute Gasteiger partial charge is 0.337 e. The van der Waals surface area contributed by atoms with Crippen molar-refractivity contribution >= 4 is 17.5 Å². The zero-order valence-corrected chi connectivity index (χ0v) is 14.4. The third-order valence-electron chi connectivity index (χ3n) is 4.32. The number of nitrogens with one attached hydrogen (secondary N) is 1. The van der Waals surface area contributed by atoms with Gasteiger partial charge in [-0.25, -0.2) is 4.39 Å². The van der Waals surface area contributed by atoms with E-state index >= 15 is 0 Å². The molecule has 1 aliphatic heterocycles. The van der Waals surface area contributed by atoms with E-state index in [4.69, 9.17) is 0 Å². The summed E-state index contributed by atoms with van der Waals surface area (Å²) in [6.45, 7) is 2.68. The minimum atomic E-state index is -0.453. The van der Waals surface area contributed by atoms with E-state index in [0.717, 1.165) is 6.42 Å². The molecular formula is C19H21FN4O2. The van der Waals surface area contributed by atoms with Crippen molar-refractivity contribution in [2.45, 2.75) is 6.42 Å². The fourth-order valence-corrected chi connectivity index (χ4v) is 2.96. The first kappa shape index (κ1) is 18.0. The van der Waals surface area contributed by atoms with Crippen LogP contribution in [-0.2, 0) is 4.79 Å². The number of nitrogens with zero attached hydrogens (tertiary/aromatic N) is 3. The van der Waals surface area contributed by atoms with Crippen LogP contribution in [0.4, 0.5) is 10.1 Å². The van der Waals surface area contributed by atoms with E-state index in [1.165, 1.54) is 12.1 Å². The predicted octanol–water partition coefficient (Wildman–Crippen LogP) is 2.01. The van der Waals surface area contributed by atoms with Crippen LogP contribution < -0.4 is 5.32 Å². The summed E-state index contributed by atoms with van der Waals surface area (Å²) in [4.78, 5) is 32.4. The van der Waals surface area contributed by atoms with Gasteiger partial charge in [0.1, 0.15) is 5.82 Å². The maximum Gasteiger partial charge on any atom is 0.254 e. The molecule has 2 amide bonds. The van der Waals surface area contributed by atoms with Crippen LogP contribution in [0.25, 0.3) is 0 Å². The van der Waals surface area contributed by atoms with E-state index in [-0.39, 0.29) is 24.0 Å². The van der Waals surface area contributed by atoms with Crippen molar-refractivity contribution in [3.63, 3.8) is 0 Å². The van der Waals surface area contributed by atoms with Gasteiger partial charge in [0, 0.05) is 44.1 Å². The number of para-hydroxylation sites is 1. The Morgan fingerprint density at radius 3 is 2.58 bits per heavy atom. The monoisotopic (exact) mass is 356 g/mol. The molecule has 1 N–H and O–H groups in total. The molecule has 6 nitrogen and oxygen atoms in total. The molecule has 0 unspecified atom stereocenters. The minimum Gasteiger partial charge on any atom is -0.337 e. The number of hydrogen-bond acceptors (Lipinski definition) is 4. The number of carbonyl (C=O) groups is 2. The summed E-state index contributed by atoms with van der Waals surface area (Å²) in [5, 5.41) is 2.59. The second kappa shape index (κ2) is 8.53. The van der Waals surface area contributed by atoms with Crippen molar-refractivity contribution in [2.75, 3.05) is 38.0 Å². The van der Waals surface area contributed by atoms with Crippen molar-refractivity contribution in [3.05, 3.63) is 60.2 Å². The highest BCUT2D eigenvalue weighted by Gasteiger charge is 2.21. The molecule has 1 saturated heterocycles. The van der Waals surface area contributed by atoms with Crippen LogP contribution in [0.5, 0.6) is 0 Å². The van der Waals surface area contributed by atoms with Gasteiger partial charge in [-0.1, -0.05) is 12.1 Å². The lowest BCUT2D eigenvalue weighted by Gasteiger charge is -2.21. The summed E-state index contributed by atoms with van der Waals surface area (Å²) in [5.74, 6) is -0.736. The highest BCUT2D eigenvalue weighted by Crippen LogP contribution is 2.13. The molecule has 0 atom stereocenters. The number of carbonyl (C=O) groups excluding carboxylic acids is 2. The van der Waals surface area contributed by atoms with Crippen LogP contribution >= 0.6 is 0 Å². The number of rotatable bonds is 4. The SMILES string of the molecule is O=C(CN1CCCN(C(=O)c2ccncc2)CC1)Nc1ccccc1F. The quantitative estimate of drug-likeness (QED) is 0.910. The van der Waals surface area contributed by atoms with Crippen molar-refractivity contribution in [1.82, 2.24) is 14.8 Å². The molecular weight excluding hydrogens is 335 g/mol. The maximum atomic E-state index is 13.6. The van der Waals surface area contributed by atoms with E-state index in [0.29, 0.717) is 31.7 Å². The third kappa shape index (κ3) is 4.64. The van der Waals surface area contributed by atoms with Crippen LogP contribution in [-0.4, -0.2) is 59.3 Å². The van der Waals surface area contributed by atoms with Gasteiger partial charge in [0.05, 0.1) is 12.2 Å². The Bertz CT molecular complexity index is 769. The van der Waals surface area contributed by atoms with Gasteiger partial charge in [-0.05, 0) is 30.7 Å². The lowest BCUT2D eigenvalue weighted by atomic mass is 10.2.